The molecule has 0 aliphatic carbocycles. The molecule has 7 rings (SSSR count). The van der Waals surface area contributed by atoms with Crippen molar-refractivity contribution in [2.24, 2.45) is 5.73 Å². The van der Waals surface area contributed by atoms with Gasteiger partial charge in [0.15, 0.2) is 0 Å². The van der Waals surface area contributed by atoms with E-state index in [0.717, 1.165) is 59.6 Å². The van der Waals surface area contributed by atoms with E-state index in [4.69, 9.17) is 10.7 Å². The van der Waals surface area contributed by atoms with E-state index in [-0.39, 0.29) is 37.3 Å². The number of rotatable bonds is 28. The number of hydrogen-bond acceptors (Lipinski definition) is 8. The van der Waals surface area contributed by atoms with Crippen LogP contribution in [0.15, 0.2) is 170 Å². The second-order valence-corrected chi connectivity index (χ2v) is 19.2. The normalized spacial score (nSPS) is 13.0. The number of benzene rings is 6. The van der Waals surface area contributed by atoms with Gasteiger partial charge in [0, 0.05) is 38.4 Å². The topological polar surface area (TPSA) is 218 Å². The summed E-state index contributed by atoms with van der Waals surface area (Å²) in [4.78, 5) is 73.2. The van der Waals surface area contributed by atoms with Crippen LogP contribution in [0.3, 0.4) is 0 Å². The van der Waals surface area contributed by atoms with Gasteiger partial charge in [0.1, 0.15) is 29.4 Å². The number of hydrogen-bond donors (Lipinski definition) is 7. The molecule has 6 aromatic carbocycles. The number of nitrogens with zero attached hydrogens (tertiary/aromatic N) is 2. The summed E-state index contributed by atoms with van der Waals surface area (Å²) < 4.78 is 2.04. The molecule has 4 atom stereocenters. The quantitative estimate of drug-likeness (QED) is 0.0186. The maximum Gasteiger partial charge on any atom is 0.326 e. The number of carboxylic acid groups (broad SMARTS) is 1. The van der Waals surface area contributed by atoms with E-state index in [0.29, 0.717) is 42.6 Å². The van der Waals surface area contributed by atoms with Gasteiger partial charge in [-0.15, -0.1) is 0 Å². The van der Waals surface area contributed by atoms with E-state index < -0.39 is 53.4 Å². The van der Waals surface area contributed by atoms with Crippen LogP contribution < -0.4 is 27.0 Å². The van der Waals surface area contributed by atoms with E-state index in [2.05, 4.69) is 64.6 Å². The van der Waals surface area contributed by atoms with Crippen molar-refractivity contribution in [2.45, 2.75) is 114 Å². The molecule has 0 saturated carbocycles. The lowest BCUT2D eigenvalue weighted by Gasteiger charge is -2.37. The smallest absolute Gasteiger partial charge is 0.326 e. The predicted octanol–water partition coefficient (Wildman–Crippen LogP) is 8.12. The molecule has 0 saturated heterocycles. The number of nitrogens with two attached hydrogens (primary N) is 1. The Bertz CT molecular complexity index is 2850. The minimum absolute atomic E-state index is 0.00228. The summed E-state index contributed by atoms with van der Waals surface area (Å²) in [6, 6.07) is 44.8. The molecule has 0 spiro atoms. The molecule has 75 heavy (non-hydrogen) atoms. The van der Waals surface area contributed by atoms with Crippen molar-refractivity contribution in [1.29, 1.82) is 0 Å². The third kappa shape index (κ3) is 15.0. The lowest BCUT2D eigenvalue weighted by Crippen LogP contribution is -2.58. The maximum atomic E-state index is 14.6. The van der Waals surface area contributed by atoms with Gasteiger partial charge in [-0.1, -0.05) is 178 Å². The fourth-order valence-electron chi connectivity index (χ4n) is 9.61. The third-order valence-electron chi connectivity index (χ3n) is 13.6. The number of carbonyl (C=O) groups excluding carboxylic acids is 4. The van der Waals surface area contributed by atoms with Gasteiger partial charge in [0.05, 0.1) is 18.1 Å². The summed E-state index contributed by atoms with van der Waals surface area (Å²) in [6.45, 7) is 2.52. The van der Waals surface area contributed by atoms with Crippen molar-refractivity contribution >= 4 is 40.4 Å². The van der Waals surface area contributed by atoms with Gasteiger partial charge < -0.3 is 41.8 Å². The molecule has 0 radical (unpaired) electrons. The number of aromatic hydroxyl groups is 1. The number of unbranched alkanes of at least 4 members (excludes halogenated alkanes) is 5. The van der Waals surface area contributed by atoms with Gasteiger partial charge >= 0.3 is 5.97 Å². The van der Waals surface area contributed by atoms with Crippen LogP contribution in [0.2, 0.25) is 0 Å². The first-order chi connectivity index (χ1) is 36.4. The van der Waals surface area contributed by atoms with Crippen LogP contribution >= 0.6 is 0 Å². The minimum atomic E-state index is -1.38. The zero-order valence-corrected chi connectivity index (χ0v) is 42.6. The molecule has 3 unspecified atom stereocenters. The van der Waals surface area contributed by atoms with Crippen LogP contribution in [0.25, 0.3) is 10.8 Å². The van der Waals surface area contributed by atoms with Crippen molar-refractivity contribution in [1.82, 2.24) is 30.8 Å². The molecule has 0 bridgehead atoms. The van der Waals surface area contributed by atoms with Gasteiger partial charge in [-0.3, -0.25) is 19.2 Å². The molecule has 1 heterocycles. The SMILES string of the molecule is CCCCCCCC(=O)NCCCCC(NC(=O)C(N)Cc1cn(C(c2ccccc2)(c2ccccc2)c2ccccc2)cn1)C(=O)NC(Cc1ccc2ccccc2c1)C(=O)N[C@@H](Cc1ccc(O)cc1)C(=O)O. The monoisotopic (exact) mass is 1010 g/mol. The van der Waals surface area contributed by atoms with E-state index in [1.807, 2.05) is 108 Å². The molecule has 4 amide bonds. The Kier molecular flexibility index (Phi) is 19.9. The molecule has 0 aliphatic rings. The first-order valence-corrected chi connectivity index (χ1v) is 26.1. The van der Waals surface area contributed by atoms with Crippen LogP contribution in [-0.4, -0.2) is 80.1 Å². The van der Waals surface area contributed by atoms with Crippen molar-refractivity contribution in [3.8, 4) is 5.75 Å². The van der Waals surface area contributed by atoms with Gasteiger partial charge in [-0.05, 0) is 76.4 Å². The highest BCUT2D eigenvalue weighted by Crippen LogP contribution is 2.41. The van der Waals surface area contributed by atoms with Crippen molar-refractivity contribution in [2.75, 3.05) is 6.54 Å². The molecular weight excluding hydrogens is 943 g/mol. The summed E-state index contributed by atoms with van der Waals surface area (Å²) >= 11 is 0. The highest BCUT2D eigenvalue weighted by Gasteiger charge is 2.39. The Morgan fingerprint density at radius 1 is 0.587 bits per heavy atom. The lowest BCUT2D eigenvalue weighted by atomic mass is 9.77. The number of nitrogens with one attached hydrogen (secondary N) is 4. The molecule has 14 heteroatoms. The highest BCUT2D eigenvalue weighted by atomic mass is 16.4. The Morgan fingerprint density at radius 2 is 1.13 bits per heavy atom. The number of phenols is 1. The van der Waals surface area contributed by atoms with Crippen LogP contribution in [0, 0.1) is 0 Å². The number of phenolic OH excluding ortho intramolecular Hbond substituents is 1. The molecule has 7 aromatic rings. The summed E-state index contributed by atoms with van der Waals surface area (Å²) in [5.74, 6) is -3.33. The van der Waals surface area contributed by atoms with Crippen LogP contribution in [-0.2, 0) is 48.8 Å². The number of aromatic nitrogens is 2. The average molecular weight is 1010 g/mol. The molecule has 8 N–H and O–H groups in total. The fourth-order valence-corrected chi connectivity index (χ4v) is 9.61. The van der Waals surface area contributed by atoms with Crippen LogP contribution in [0.5, 0.6) is 5.75 Å². The van der Waals surface area contributed by atoms with Gasteiger partial charge in [-0.25, -0.2) is 9.78 Å². The zero-order chi connectivity index (χ0) is 53.0. The average Bonchev–Trinajstić information content (AvgIpc) is 3.89. The molecule has 0 fully saturated rings. The van der Waals surface area contributed by atoms with Crippen LogP contribution in [0.1, 0.15) is 98.2 Å². The fraction of sp³-hybridized carbons (Fsp3) is 0.311. The highest BCUT2D eigenvalue weighted by molar-refractivity contribution is 5.94. The third-order valence-corrected chi connectivity index (χ3v) is 13.6. The Hall–Kier alpha value is -8.10. The summed E-state index contributed by atoms with van der Waals surface area (Å²) in [6.07, 6.45) is 10.2. The minimum Gasteiger partial charge on any atom is -0.508 e. The van der Waals surface area contributed by atoms with Crippen LogP contribution in [0.4, 0.5) is 0 Å². The number of fused-ring (bicyclic) bond motifs is 1. The molecule has 0 aliphatic heterocycles. The van der Waals surface area contributed by atoms with Gasteiger partial charge in [-0.2, -0.15) is 0 Å². The van der Waals surface area contributed by atoms with E-state index >= 15 is 0 Å². The van der Waals surface area contributed by atoms with E-state index in [9.17, 15) is 34.2 Å². The molecule has 14 nitrogen and oxygen atoms in total. The number of amides is 4. The summed E-state index contributed by atoms with van der Waals surface area (Å²) in [5.41, 5.74) is 10.7. The molecular formula is C61H69N7O7. The second-order valence-electron chi connectivity index (χ2n) is 19.2. The Labute approximate surface area is 439 Å². The van der Waals surface area contributed by atoms with Crippen molar-refractivity contribution in [3.63, 3.8) is 0 Å². The van der Waals surface area contributed by atoms with E-state index in [1.165, 1.54) is 12.1 Å². The zero-order valence-electron chi connectivity index (χ0n) is 42.6. The van der Waals surface area contributed by atoms with Gasteiger partial charge in [0.25, 0.3) is 0 Å². The second kappa shape index (κ2) is 27.3. The summed E-state index contributed by atoms with van der Waals surface area (Å²) in [5, 5.41) is 33.3. The lowest BCUT2D eigenvalue weighted by molar-refractivity contribution is -0.142. The first kappa shape index (κ1) is 54.7. The predicted molar refractivity (Wildman–Crippen MR) is 292 cm³/mol. The number of carbonyl (C=O) groups is 5. The molecule has 390 valence electrons. The van der Waals surface area contributed by atoms with E-state index in [1.54, 1.807) is 18.5 Å². The van der Waals surface area contributed by atoms with Crippen molar-refractivity contribution < 1.29 is 34.2 Å². The standard InChI is InChI=1S/C61H69N7O7/c1-2-3-4-5-15-29-56(70)63-36-19-18-28-53(58(72)66-54(39-44-30-33-45-20-16-17-21-46(45)37-44)59(73)67-55(60(74)75)38-43-31-34-51(69)35-32-43)65-57(71)52(62)40-50-41-68(42-64-50)61(47-22-9-6-10-23-47,48-24-11-7-12-25-48)49-26-13-8-14-27-49/h6-14,16-17,20-27,30-35,37,41-42,52-55,69H,2-5,15,18-19,28-29,36,38-40,62H2,1H3,(H,63,70)(H,65,71)(H,66,72)(H,67,73)(H,74,75)/t52?,53?,54?,55-/m0/s1. The summed E-state index contributed by atoms with van der Waals surface area (Å²) in [7, 11) is 0. The number of carboxylic acids is 1. The first-order valence-electron chi connectivity index (χ1n) is 26.1. The van der Waals surface area contributed by atoms with Crippen molar-refractivity contribution in [3.05, 3.63) is 204 Å². The number of imidazole rings is 1. The number of aliphatic carboxylic acids is 1. The largest absolute Gasteiger partial charge is 0.508 e. The maximum absolute atomic E-state index is 14.6. The molecule has 1 aromatic heterocycles. The Balaban J connectivity index is 1.12. The Morgan fingerprint density at radius 3 is 1.76 bits per heavy atom. The van der Waals surface area contributed by atoms with Gasteiger partial charge in [0.2, 0.25) is 23.6 Å².